The molecule has 1 aromatic carbocycles. The van der Waals surface area contributed by atoms with Gasteiger partial charge in [-0.2, -0.15) is 18.3 Å². The van der Waals surface area contributed by atoms with Gasteiger partial charge < -0.3 is 10.6 Å². The van der Waals surface area contributed by atoms with Crippen molar-refractivity contribution in [3.63, 3.8) is 0 Å². The standard InChI is InChI=1S/C24H20F4N6O2/c1-12-18(23(36)30-13(2)17-9-16(24(26,27)28)4-5-19(17)25)8-15(10-29-12)20-6-7-22-32-21(31-14(3)35)11-34(22)33-20/h4-11,13H,1-3H3,(H,30,36)(H,31,35)/i13D. The number of benzene rings is 1. The number of fused-ring (bicyclic) bond motifs is 1. The Morgan fingerprint density at radius 3 is 2.61 bits per heavy atom. The van der Waals surface area contributed by atoms with Crippen LogP contribution in [0.25, 0.3) is 16.9 Å². The lowest BCUT2D eigenvalue weighted by Crippen LogP contribution is -2.28. The first-order valence-corrected chi connectivity index (χ1v) is 10.6. The van der Waals surface area contributed by atoms with Crippen molar-refractivity contribution in [1.29, 1.82) is 0 Å². The summed E-state index contributed by atoms with van der Waals surface area (Å²) in [5.74, 6) is -1.90. The Balaban J connectivity index is 1.64. The Kier molecular flexibility index (Phi) is 6.08. The van der Waals surface area contributed by atoms with E-state index in [9.17, 15) is 27.2 Å². The number of anilines is 1. The zero-order valence-electron chi connectivity index (χ0n) is 20.2. The topological polar surface area (TPSA) is 101 Å². The number of aromatic nitrogens is 4. The van der Waals surface area contributed by atoms with Gasteiger partial charge in [-0.15, -0.1) is 0 Å². The number of aryl methyl sites for hydroxylation is 1. The highest BCUT2D eigenvalue weighted by molar-refractivity contribution is 5.96. The average Bonchev–Trinajstić information content (AvgIpc) is 3.19. The van der Waals surface area contributed by atoms with Gasteiger partial charge in [-0.1, -0.05) is 0 Å². The predicted octanol–water partition coefficient (Wildman–Crippen LogP) is 4.71. The fraction of sp³-hybridized carbons (Fsp3) is 0.208. The van der Waals surface area contributed by atoms with Gasteiger partial charge in [0.25, 0.3) is 5.91 Å². The van der Waals surface area contributed by atoms with Crippen LogP contribution in [0.4, 0.5) is 23.4 Å². The summed E-state index contributed by atoms with van der Waals surface area (Å²) in [6.07, 6.45) is -1.77. The summed E-state index contributed by atoms with van der Waals surface area (Å²) in [6.45, 7) is 3.96. The maximum Gasteiger partial charge on any atom is 0.416 e. The van der Waals surface area contributed by atoms with Crippen LogP contribution >= 0.6 is 0 Å². The van der Waals surface area contributed by atoms with Gasteiger partial charge in [-0.25, -0.2) is 13.9 Å². The molecular formula is C24H20F4N6O2. The molecule has 0 aliphatic carbocycles. The van der Waals surface area contributed by atoms with E-state index in [1.54, 1.807) is 12.1 Å². The minimum Gasteiger partial charge on any atom is -0.345 e. The summed E-state index contributed by atoms with van der Waals surface area (Å²) >= 11 is 0. The Hall–Kier alpha value is -4.35. The normalized spacial score (nSPS) is 13.7. The summed E-state index contributed by atoms with van der Waals surface area (Å²) < 4.78 is 63.6. The van der Waals surface area contributed by atoms with E-state index in [0.717, 1.165) is 6.92 Å². The zero-order chi connectivity index (χ0) is 27.1. The van der Waals surface area contributed by atoms with E-state index in [1.165, 1.54) is 36.8 Å². The van der Waals surface area contributed by atoms with E-state index >= 15 is 0 Å². The van der Waals surface area contributed by atoms with Gasteiger partial charge >= 0.3 is 6.18 Å². The second-order valence-corrected chi connectivity index (χ2v) is 7.96. The first kappa shape index (κ1) is 23.4. The molecule has 4 rings (SSSR count). The Morgan fingerprint density at radius 1 is 1.17 bits per heavy atom. The average molecular weight is 501 g/mol. The predicted molar refractivity (Wildman–Crippen MR) is 123 cm³/mol. The number of pyridine rings is 1. The van der Waals surface area contributed by atoms with Crippen LogP contribution in [0, 0.1) is 12.7 Å². The van der Waals surface area contributed by atoms with Gasteiger partial charge in [0.05, 0.1) is 36.1 Å². The van der Waals surface area contributed by atoms with E-state index < -0.39 is 35.0 Å². The van der Waals surface area contributed by atoms with Crippen LogP contribution in [0.3, 0.4) is 0 Å². The molecule has 0 saturated heterocycles. The van der Waals surface area contributed by atoms with Crippen molar-refractivity contribution in [2.45, 2.75) is 33.0 Å². The molecule has 1 atom stereocenters. The van der Waals surface area contributed by atoms with Gasteiger partial charge in [0.2, 0.25) is 5.91 Å². The second kappa shape index (κ2) is 9.36. The van der Waals surface area contributed by atoms with Gasteiger partial charge in [0.15, 0.2) is 11.5 Å². The van der Waals surface area contributed by atoms with Crippen molar-refractivity contribution in [3.05, 3.63) is 77.0 Å². The fourth-order valence-corrected chi connectivity index (χ4v) is 3.47. The Labute approximate surface area is 203 Å². The van der Waals surface area contributed by atoms with E-state index in [1.807, 2.05) is 0 Å². The summed E-state index contributed by atoms with van der Waals surface area (Å²) in [5.41, 5.74) is -0.201. The van der Waals surface area contributed by atoms with Crippen molar-refractivity contribution >= 4 is 23.3 Å². The van der Waals surface area contributed by atoms with Crippen LogP contribution in [0.2, 0.25) is 0 Å². The molecule has 3 heterocycles. The molecule has 186 valence electrons. The summed E-state index contributed by atoms with van der Waals surface area (Å²) in [6, 6.07) is 4.18. The van der Waals surface area contributed by atoms with Gasteiger partial charge in [0.1, 0.15) is 5.82 Å². The van der Waals surface area contributed by atoms with Crippen LogP contribution in [0.5, 0.6) is 0 Å². The number of alkyl halides is 3. The number of halogens is 4. The number of hydrogen-bond acceptors (Lipinski definition) is 5. The van der Waals surface area contributed by atoms with E-state index in [2.05, 4.69) is 25.7 Å². The third-order valence-corrected chi connectivity index (χ3v) is 5.25. The monoisotopic (exact) mass is 501 g/mol. The SMILES string of the molecule is [2H]C(C)(NC(=O)c1cc(-c2ccc3nc(NC(C)=O)cn3n2)cnc1C)c1cc(C(F)(F)F)ccc1F. The molecule has 0 spiro atoms. The van der Waals surface area contributed by atoms with E-state index in [-0.39, 0.29) is 17.2 Å². The largest absolute Gasteiger partial charge is 0.416 e. The van der Waals surface area contributed by atoms with Gasteiger partial charge in [-0.3, -0.25) is 14.6 Å². The van der Waals surface area contributed by atoms with Crippen LogP contribution < -0.4 is 10.6 Å². The summed E-state index contributed by atoms with van der Waals surface area (Å²) in [5, 5.41) is 9.24. The second-order valence-electron chi connectivity index (χ2n) is 7.96. The molecule has 8 nitrogen and oxygen atoms in total. The molecular weight excluding hydrogens is 480 g/mol. The lowest BCUT2D eigenvalue weighted by Gasteiger charge is -2.18. The molecule has 3 aromatic heterocycles. The molecule has 0 saturated carbocycles. The highest BCUT2D eigenvalue weighted by atomic mass is 19.4. The van der Waals surface area contributed by atoms with Gasteiger partial charge in [-0.05, 0) is 50.2 Å². The third-order valence-electron chi connectivity index (χ3n) is 5.25. The number of carbonyl (C=O) groups excluding carboxylic acids is 2. The minimum absolute atomic E-state index is 0.0230. The zero-order valence-corrected chi connectivity index (χ0v) is 19.2. The molecule has 0 aliphatic heterocycles. The number of amides is 2. The molecule has 36 heavy (non-hydrogen) atoms. The molecule has 0 fully saturated rings. The Bertz CT molecular complexity index is 1530. The van der Waals surface area contributed by atoms with Crippen molar-refractivity contribution in [2.24, 2.45) is 0 Å². The van der Waals surface area contributed by atoms with E-state index in [4.69, 9.17) is 1.37 Å². The van der Waals surface area contributed by atoms with Crippen LogP contribution in [0.1, 0.15) is 48.4 Å². The van der Waals surface area contributed by atoms with Gasteiger partial charge in [0, 0.05) is 24.2 Å². The maximum atomic E-state index is 14.4. The lowest BCUT2D eigenvalue weighted by molar-refractivity contribution is -0.137. The van der Waals surface area contributed by atoms with Crippen LogP contribution in [-0.2, 0) is 11.0 Å². The number of imidazole rings is 1. The fourth-order valence-electron chi connectivity index (χ4n) is 3.47. The minimum atomic E-state index is -4.75. The highest BCUT2D eigenvalue weighted by Crippen LogP contribution is 2.32. The molecule has 0 bridgehead atoms. The molecule has 2 amide bonds. The van der Waals surface area contributed by atoms with E-state index in [0.29, 0.717) is 40.9 Å². The maximum absolute atomic E-state index is 14.4. The highest BCUT2D eigenvalue weighted by Gasteiger charge is 2.32. The molecule has 2 N–H and O–H groups in total. The van der Waals surface area contributed by atoms with Crippen molar-refractivity contribution in [2.75, 3.05) is 5.32 Å². The number of nitrogens with zero attached hydrogens (tertiary/aromatic N) is 4. The third kappa shape index (κ3) is 5.16. The molecule has 0 aliphatic rings. The smallest absolute Gasteiger partial charge is 0.345 e. The van der Waals surface area contributed by atoms with Crippen molar-refractivity contribution in [3.8, 4) is 11.3 Å². The van der Waals surface area contributed by atoms with Crippen LogP contribution in [-0.4, -0.2) is 31.4 Å². The first-order valence-electron chi connectivity index (χ1n) is 11.1. The lowest BCUT2D eigenvalue weighted by atomic mass is 10.0. The first-order chi connectivity index (χ1) is 17.2. The number of carbonyl (C=O) groups is 2. The molecule has 0 radical (unpaired) electrons. The number of nitrogens with one attached hydrogen (secondary N) is 2. The number of hydrogen-bond donors (Lipinski definition) is 2. The molecule has 12 heteroatoms. The van der Waals surface area contributed by atoms with Crippen LogP contribution in [0.15, 0.2) is 48.8 Å². The van der Waals surface area contributed by atoms with Crippen molar-refractivity contribution < 1.29 is 28.5 Å². The molecule has 1 unspecified atom stereocenters. The number of rotatable bonds is 5. The quantitative estimate of drug-likeness (QED) is 0.386. The summed E-state index contributed by atoms with van der Waals surface area (Å²) in [4.78, 5) is 32.7. The summed E-state index contributed by atoms with van der Waals surface area (Å²) in [7, 11) is 0. The van der Waals surface area contributed by atoms with Crippen molar-refractivity contribution in [1.82, 2.24) is 24.9 Å². The Morgan fingerprint density at radius 2 is 1.92 bits per heavy atom. The molecule has 4 aromatic rings.